The van der Waals surface area contributed by atoms with E-state index < -0.39 is 17.5 Å². The predicted molar refractivity (Wildman–Crippen MR) is 70.6 cm³/mol. The van der Waals surface area contributed by atoms with Gasteiger partial charge in [-0.15, -0.1) is 0 Å². The summed E-state index contributed by atoms with van der Waals surface area (Å²) in [5.74, 6) is -1.47. The van der Waals surface area contributed by atoms with Gasteiger partial charge in [0, 0.05) is 16.7 Å². The van der Waals surface area contributed by atoms with Crippen LogP contribution in [0.4, 0.5) is 14.6 Å². The first-order chi connectivity index (χ1) is 9.04. The number of nitrogens with one attached hydrogen (secondary N) is 1. The molecule has 1 N–H and O–H groups in total. The van der Waals surface area contributed by atoms with Gasteiger partial charge in [-0.25, -0.2) is 13.8 Å². The van der Waals surface area contributed by atoms with Crippen LogP contribution in [0.1, 0.15) is 5.56 Å². The van der Waals surface area contributed by atoms with Gasteiger partial charge in [-0.1, -0.05) is 22.0 Å². The first-order valence-electron chi connectivity index (χ1n) is 5.40. The third-order valence-corrected chi connectivity index (χ3v) is 2.85. The zero-order valence-corrected chi connectivity index (χ0v) is 11.2. The van der Waals surface area contributed by atoms with Crippen molar-refractivity contribution in [3.8, 4) is 0 Å². The summed E-state index contributed by atoms with van der Waals surface area (Å²) in [6.07, 6.45) is 1.35. The largest absolute Gasteiger partial charge is 0.310 e. The van der Waals surface area contributed by atoms with Crippen molar-refractivity contribution >= 4 is 27.7 Å². The molecule has 0 saturated carbocycles. The molecular weight excluding hydrogens is 318 g/mol. The van der Waals surface area contributed by atoms with Gasteiger partial charge in [-0.2, -0.15) is 0 Å². The molecule has 2 rings (SSSR count). The SMILES string of the molecule is O=C(Cc1ccc(F)cc1F)Nc1cc(Br)ccn1. The Morgan fingerprint density at radius 3 is 2.74 bits per heavy atom. The van der Waals surface area contributed by atoms with Crippen LogP contribution in [0.2, 0.25) is 0 Å². The van der Waals surface area contributed by atoms with Crippen LogP contribution in [0, 0.1) is 11.6 Å². The van der Waals surface area contributed by atoms with Crippen LogP contribution >= 0.6 is 15.9 Å². The highest BCUT2D eigenvalue weighted by Gasteiger charge is 2.10. The number of pyridine rings is 1. The highest BCUT2D eigenvalue weighted by atomic mass is 79.9. The van der Waals surface area contributed by atoms with Crippen molar-refractivity contribution in [3.63, 3.8) is 0 Å². The van der Waals surface area contributed by atoms with E-state index in [0.29, 0.717) is 5.82 Å². The molecule has 1 aromatic carbocycles. The zero-order chi connectivity index (χ0) is 13.8. The van der Waals surface area contributed by atoms with E-state index in [1.165, 1.54) is 12.3 Å². The number of nitrogens with zero attached hydrogens (tertiary/aromatic N) is 1. The first-order valence-corrected chi connectivity index (χ1v) is 6.19. The van der Waals surface area contributed by atoms with Crippen LogP contribution in [0.25, 0.3) is 0 Å². The number of rotatable bonds is 3. The summed E-state index contributed by atoms with van der Waals surface area (Å²) in [7, 11) is 0. The highest BCUT2D eigenvalue weighted by molar-refractivity contribution is 9.10. The quantitative estimate of drug-likeness (QED) is 0.940. The molecule has 19 heavy (non-hydrogen) atoms. The Labute approximate surface area is 116 Å². The third-order valence-electron chi connectivity index (χ3n) is 2.36. The maximum Gasteiger partial charge on any atom is 0.230 e. The summed E-state index contributed by atoms with van der Waals surface area (Å²) < 4.78 is 26.9. The maximum absolute atomic E-state index is 13.4. The highest BCUT2D eigenvalue weighted by Crippen LogP contribution is 2.14. The van der Waals surface area contributed by atoms with Gasteiger partial charge in [0.1, 0.15) is 17.5 Å². The Kier molecular flexibility index (Phi) is 4.21. The monoisotopic (exact) mass is 326 g/mol. The molecule has 1 amide bonds. The van der Waals surface area contributed by atoms with Gasteiger partial charge in [-0.3, -0.25) is 4.79 Å². The van der Waals surface area contributed by atoms with E-state index in [1.54, 1.807) is 12.1 Å². The second-order valence-electron chi connectivity index (χ2n) is 3.82. The number of carbonyl (C=O) groups excluding carboxylic acids is 1. The molecule has 0 unspecified atom stereocenters. The van der Waals surface area contributed by atoms with E-state index in [4.69, 9.17) is 0 Å². The Bertz CT molecular complexity index is 619. The number of aromatic nitrogens is 1. The molecule has 1 aromatic heterocycles. The zero-order valence-electron chi connectivity index (χ0n) is 9.66. The minimum absolute atomic E-state index is 0.133. The van der Waals surface area contributed by atoms with Crippen LogP contribution in [0.5, 0.6) is 0 Å². The summed E-state index contributed by atoms with van der Waals surface area (Å²) >= 11 is 3.25. The first kappa shape index (κ1) is 13.6. The van der Waals surface area contributed by atoms with Crippen LogP contribution in [0.3, 0.4) is 0 Å². The Morgan fingerprint density at radius 2 is 2.05 bits per heavy atom. The number of anilines is 1. The molecule has 0 atom stereocenters. The Morgan fingerprint density at radius 1 is 1.26 bits per heavy atom. The van der Waals surface area contributed by atoms with E-state index in [2.05, 4.69) is 26.2 Å². The average molecular weight is 327 g/mol. The number of benzene rings is 1. The summed E-state index contributed by atoms with van der Waals surface area (Å²) in [6.45, 7) is 0. The number of amides is 1. The normalized spacial score (nSPS) is 10.3. The lowest BCUT2D eigenvalue weighted by Crippen LogP contribution is -2.16. The molecule has 0 aliphatic heterocycles. The van der Waals surface area contributed by atoms with E-state index >= 15 is 0 Å². The van der Waals surface area contributed by atoms with Crippen molar-refractivity contribution in [2.45, 2.75) is 6.42 Å². The smallest absolute Gasteiger partial charge is 0.230 e. The van der Waals surface area contributed by atoms with Gasteiger partial charge < -0.3 is 5.32 Å². The minimum atomic E-state index is -0.739. The molecule has 0 aliphatic rings. The number of hydrogen-bond acceptors (Lipinski definition) is 2. The van der Waals surface area contributed by atoms with Crippen molar-refractivity contribution < 1.29 is 13.6 Å². The Hall–Kier alpha value is -1.82. The lowest BCUT2D eigenvalue weighted by atomic mass is 10.1. The second kappa shape index (κ2) is 5.88. The molecular formula is C13H9BrF2N2O. The maximum atomic E-state index is 13.4. The lowest BCUT2D eigenvalue weighted by Gasteiger charge is -2.05. The van der Waals surface area contributed by atoms with E-state index in [1.807, 2.05) is 0 Å². The summed E-state index contributed by atoms with van der Waals surface area (Å²) in [5.41, 5.74) is 0.133. The Balaban J connectivity index is 2.05. The van der Waals surface area contributed by atoms with Crippen LogP contribution in [-0.2, 0) is 11.2 Å². The minimum Gasteiger partial charge on any atom is -0.310 e. The molecule has 6 heteroatoms. The second-order valence-corrected chi connectivity index (χ2v) is 4.74. The fourth-order valence-electron chi connectivity index (χ4n) is 1.50. The third kappa shape index (κ3) is 3.82. The van der Waals surface area contributed by atoms with Crippen LogP contribution in [-0.4, -0.2) is 10.9 Å². The van der Waals surface area contributed by atoms with E-state index in [9.17, 15) is 13.6 Å². The molecule has 3 nitrogen and oxygen atoms in total. The molecule has 0 aliphatic carbocycles. The van der Waals surface area contributed by atoms with Crippen molar-refractivity contribution in [1.29, 1.82) is 0 Å². The average Bonchev–Trinajstić information content (AvgIpc) is 2.33. The fraction of sp³-hybridized carbons (Fsp3) is 0.0769. The molecule has 1 heterocycles. The lowest BCUT2D eigenvalue weighted by molar-refractivity contribution is -0.115. The molecule has 0 saturated heterocycles. The standard InChI is InChI=1S/C13H9BrF2N2O/c14-9-3-4-17-12(6-9)18-13(19)5-8-1-2-10(15)7-11(8)16/h1-4,6-7H,5H2,(H,17,18,19). The van der Waals surface area contributed by atoms with Crippen molar-refractivity contribution in [3.05, 3.63) is 58.2 Å². The molecule has 2 aromatic rings. The van der Waals surface area contributed by atoms with Crippen molar-refractivity contribution in [2.24, 2.45) is 0 Å². The number of hydrogen-bond donors (Lipinski definition) is 1. The van der Waals surface area contributed by atoms with E-state index in [-0.39, 0.29) is 12.0 Å². The summed E-state index contributed by atoms with van der Waals surface area (Å²) in [5, 5.41) is 2.53. The van der Waals surface area contributed by atoms with Crippen LogP contribution < -0.4 is 5.32 Å². The topological polar surface area (TPSA) is 42.0 Å². The van der Waals surface area contributed by atoms with Crippen LogP contribution in [0.15, 0.2) is 41.0 Å². The summed E-state index contributed by atoms with van der Waals surface area (Å²) in [4.78, 5) is 15.6. The van der Waals surface area contributed by atoms with Gasteiger partial charge in [0.15, 0.2) is 0 Å². The van der Waals surface area contributed by atoms with Gasteiger partial charge >= 0.3 is 0 Å². The van der Waals surface area contributed by atoms with Crippen molar-refractivity contribution in [2.75, 3.05) is 5.32 Å². The van der Waals surface area contributed by atoms with Gasteiger partial charge in [-0.05, 0) is 23.8 Å². The van der Waals surface area contributed by atoms with E-state index in [0.717, 1.165) is 16.6 Å². The molecule has 0 bridgehead atoms. The number of carbonyl (C=O) groups is 1. The molecule has 0 radical (unpaired) electrons. The molecule has 0 spiro atoms. The fourth-order valence-corrected chi connectivity index (χ4v) is 1.83. The van der Waals surface area contributed by atoms with Gasteiger partial charge in [0.05, 0.1) is 6.42 Å². The molecule has 98 valence electrons. The molecule has 0 fully saturated rings. The number of halogens is 3. The van der Waals surface area contributed by atoms with Gasteiger partial charge in [0.2, 0.25) is 5.91 Å². The summed E-state index contributed by atoms with van der Waals surface area (Å²) in [6, 6.07) is 6.45. The van der Waals surface area contributed by atoms with Gasteiger partial charge in [0.25, 0.3) is 0 Å². The van der Waals surface area contributed by atoms with Crippen molar-refractivity contribution in [1.82, 2.24) is 4.98 Å². The predicted octanol–water partition coefficient (Wildman–Crippen LogP) is 3.30.